The number of nitrogens with zero attached hydrogens (tertiary/aromatic N) is 2. The number of hydrogen-bond donors (Lipinski definition) is 2. The Balaban J connectivity index is 1.59. The average Bonchev–Trinajstić information content (AvgIpc) is 2.63. The minimum absolute atomic E-state index is 0.0948. The van der Waals surface area contributed by atoms with E-state index in [2.05, 4.69) is 41.4 Å². The van der Waals surface area contributed by atoms with Gasteiger partial charge in [-0.3, -0.25) is 4.79 Å². The summed E-state index contributed by atoms with van der Waals surface area (Å²) in [7, 11) is 0. The van der Waals surface area contributed by atoms with Crippen molar-refractivity contribution in [2.45, 2.75) is 64.3 Å². The van der Waals surface area contributed by atoms with Crippen LogP contribution < -0.4 is 10.6 Å². The van der Waals surface area contributed by atoms with Gasteiger partial charge in [0.2, 0.25) is 5.95 Å². The first kappa shape index (κ1) is 18.4. The summed E-state index contributed by atoms with van der Waals surface area (Å²) in [4.78, 5) is 21.0. The summed E-state index contributed by atoms with van der Waals surface area (Å²) in [6.07, 6.45) is 9.31. The lowest BCUT2D eigenvalue weighted by atomic mass is 9.87. The smallest absolute Gasteiger partial charge is 0.258 e. The second-order valence-corrected chi connectivity index (χ2v) is 8.06. The van der Waals surface area contributed by atoms with Crippen LogP contribution in [-0.2, 0) is 5.41 Å². The van der Waals surface area contributed by atoms with Gasteiger partial charge in [0.15, 0.2) is 0 Å². The molecule has 0 bridgehead atoms. The molecule has 2 N–H and O–H groups in total. The van der Waals surface area contributed by atoms with Crippen molar-refractivity contribution in [2.75, 3.05) is 10.6 Å². The van der Waals surface area contributed by atoms with Crippen LogP contribution in [0, 0.1) is 0 Å². The molecule has 2 aromatic rings. The van der Waals surface area contributed by atoms with Crippen LogP contribution in [0.2, 0.25) is 0 Å². The maximum Gasteiger partial charge on any atom is 0.258 e. The summed E-state index contributed by atoms with van der Waals surface area (Å²) in [6.45, 7) is 6.50. The van der Waals surface area contributed by atoms with E-state index in [4.69, 9.17) is 0 Å². The third kappa shape index (κ3) is 4.81. The third-order valence-corrected chi connectivity index (χ3v) is 4.86. The molecule has 1 aromatic heterocycles. The van der Waals surface area contributed by atoms with Gasteiger partial charge < -0.3 is 10.6 Å². The zero-order chi connectivity index (χ0) is 18.6. The van der Waals surface area contributed by atoms with Crippen molar-refractivity contribution in [3.05, 3.63) is 47.8 Å². The zero-order valence-corrected chi connectivity index (χ0v) is 15.9. The highest BCUT2D eigenvalue weighted by molar-refractivity contribution is 6.03. The summed E-state index contributed by atoms with van der Waals surface area (Å²) in [5.74, 6) is 0.403. The molecule has 3 rings (SSSR count). The Morgan fingerprint density at radius 2 is 1.62 bits per heavy atom. The molecule has 0 unspecified atom stereocenters. The van der Waals surface area contributed by atoms with Gasteiger partial charge in [-0.15, -0.1) is 0 Å². The summed E-state index contributed by atoms with van der Waals surface area (Å²) in [6, 6.07) is 8.40. The molecule has 5 heteroatoms. The second-order valence-electron chi connectivity index (χ2n) is 8.06. The molecule has 5 nitrogen and oxygen atoms in total. The minimum atomic E-state index is -0.197. The van der Waals surface area contributed by atoms with Gasteiger partial charge >= 0.3 is 0 Å². The highest BCUT2D eigenvalue weighted by Gasteiger charge is 2.15. The minimum Gasteiger partial charge on any atom is -0.351 e. The first-order valence-corrected chi connectivity index (χ1v) is 9.42. The van der Waals surface area contributed by atoms with E-state index in [9.17, 15) is 4.79 Å². The fourth-order valence-electron chi connectivity index (χ4n) is 3.21. The Morgan fingerprint density at radius 1 is 1.00 bits per heavy atom. The van der Waals surface area contributed by atoms with Crippen LogP contribution in [0.25, 0.3) is 0 Å². The van der Waals surface area contributed by atoms with E-state index in [0.717, 1.165) is 18.5 Å². The predicted octanol–water partition coefficient (Wildman–Crippen LogP) is 4.77. The molecule has 1 aromatic carbocycles. The van der Waals surface area contributed by atoms with Gasteiger partial charge in [-0.05, 0) is 36.0 Å². The summed E-state index contributed by atoms with van der Waals surface area (Å²) in [5.41, 5.74) is 2.56. The summed E-state index contributed by atoms with van der Waals surface area (Å²) >= 11 is 0. The van der Waals surface area contributed by atoms with Crippen LogP contribution in [-0.4, -0.2) is 21.9 Å². The summed E-state index contributed by atoms with van der Waals surface area (Å²) < 4.78 is 0. The van der Waals surface area contributed by atoms with Gasteiger partial charge in [0, 0.05) is 24.1 Å². The Hall–Kier alpha value is -2.43. The second kappa shape index (κ2) is 7.85. The molecule has 0 saturated heterocycles. The predicted molar refractivity (Wildman–Crippen MR) is 106 cm³/mol. The lowest BCUT2D eigenvalue weighted by Gasteiger charge is -2.22. The lowest BCUT2D eigenvalue weighted by Crippen LogP contribution is -2.23. The number of amides is 1. The maximum atomic E-state index is 12.4. The Bertz CT molecular complexity index is 726. The van der Waals surface area contributed by atoms with E-state index in [1.165, 1.54) is 24.8 Å². The quantitative estimate of drug-likeness (QED) is 0.832. The van der Waals surface area contributed by atoms with Crippen LogP contribution in [0.15, 0.2) is 36.7 Å². The van der Waals surface area contributed by atoms with Crippen LogP contribution in [0.1, 0.15) is 68.8 Å². The largest absolute Gasteiger partial charge is 0.351 e. The monoisotopic (exact) mass is 352 g/mol. The fraction of sp³-hybridized carbons (Fsp3) is 0.476. The fourth-order valence-corrected chi connectivity index (χ4v) is 3.21. The molecule has 0 aliphatic heterocycles. The molecule has 1 amide bonds. The highest BCUT2D eigenvalue weighted by atomic mass is 16.1. The summed E-state index contributed by atoms with van der Waals surface area (Å²) in [5, 5.41) is 6.26. The van der Waals surface area contributed by atoms with Crippen molar-refractivity contribution in [1.29, 1.82) is 0 Å². The van der Waals surface area contributed by atoms with E-state index in [-0.39, 0.29) is 11.3 Å². The topological polar surface area (TPSA) is 66.9 Å². The molecular formula is C21H28N4O. The van der Waals surface area contributed by atoms with Gasteiger partial charge in [-0.25, -0.2) is 9.97 Å². The van der Waals surface area contributed by atoms with E-state index in [0.29, 0.717) is 17.6 Å². The molecule has 1 fully saturated rings. The van der Waals surface area contributed by atoms with Crippen molar-refractivity contribution in [3.8, 4) is 0 Å². The number of carbonyl (C=O) groups is 1. The van der Waals surface area contributed by atoms with Crippen molar-refractivity contribution in [3.63, 3.8) is 0 Å². The van der Waals surface area contributed by atoms with Crippen molar-refractivity contribution in [1.82, 2.24) is 9.97 Å². The van der Waals surface area contributed by atoms with Gasteiger partial charge in [-0.2, -0.15) is 0 Å². The maximum absolute atomic E-state index is 12.4. The number of benzene rings is 1. The van der Waals surface area contributed by atoms with E-state index < -0.39 is 0 Å². The number of carbonyl (C=O) groups excluding carboxylic acids is 1. The van der Waals surface area contributed by atoms with Crippen LogP contribution >= 0.6 is 0 Å². The Labute approximate surface area is 155 Å². The molecular weight excluding hydrogens is 324 g/mol. The van der Waals surface area contributed by atoms with Gasteiger partial charge in [0.25, 0.3) is 5.91 Å². The molecule has 1 heterocycles. The third-order valence-electron chi connectivity index (χ3n) is 4.86. The van der Waals surface area contributed by atoms with Gasteiger partial charge in [0.05, 0.1) is 5.56 Å². The van der Waals surface area contributed by atoms with E-state index in [1.54, 1.807) is 12.4 Å². The van der Waals surface area contributed by atoms with Crippen molar-refractivity contribution < 1.29 is 4.79 Å². The molecule has 1 saturated carbocycles. The molecule has 1 aliphatic carbocycles. The van der Waals surface area contributed by atoms with Crippen LogP contribution in [0.4, 0.5) is 11.6 Å². The van der Waals surface area contributed by atoms with Crippen molar-refractivity contribution in [2.24, 2.45) is 0 Å². The SMILES string of the molecule is CC(C)(C)c1ccc(NC(=O)c2cnc(NC3CCCCC3)nc2)cc1. The van der Waals surface area contributed by atoms with Gasteiger partial charge in [-0.1, -0.05) is 52.2 Å². The normalized spacial score (nSPS) is 15.5. The van der Waals surface area contributed by atoms with Gasteiger partial charge in [0.1, 0.15) is 0 Å². The van der Waals surface area contributed by atoms with Crippen molar-refractivity contribution >= 4 is 17.5 Å². The number of aromatic nitrogens is 2. The molecule has 138 valence electrons. The lowest BCUT2D eigenvalue weighted by molar-refractivity contribution is 0.102. The first-order valence-electron chi connectivity index (χ1n) is 9.42. The molecule has 1 aliphatic rings. The molecule has 0 atom stereocenters. The van der Waals surface area contributed by atoms with E-state index in [1.807, 2.05) is 24.3 Å². The Morgan fingerprint density at radius 3 is 2.19 bits per heavy atom. The number of hydrogen-bond acceptors (Lipinski definition) is 4. The van der Waals surface area contributed by atoms with E-state index >= 15 is 0 Å². The molecule has 26 heavy (non-hydrogen) atoms. The number of rotatable bonds is 4. The number of anilines is 2. The highest BCUT2D eigenvalue weighted by Crippen LogP contribution is 2.24. The number of nitrogens with one attached hydrogen (secondary N) is 2. The molecule has 0 radical (unpaired) electrons. The van der Waals surface area contributed by atoms with Crippen LogP contribution in [0.5, 0.6) is 0 Å². The molecule has 0 spiro atoms. The first-order chi connectivity index (χ1) is 12.4. The standard InChI is InChI=1S/C21H28N4O/c1-21(2,3)16-9-11-18(12-10-16)24-19(26)15-13-22-20(23-14-15)25-17-7-5-4-6-8-17/h9-14,17H,4-8H2,1-3H3,(H,24,26)(H,22,23,25). The van der Waals surface area contributed by atoms with Crippen LogP contribution in [0.3, 0.4) is 0 Å². The Kier molecular flexibility index (Phi) is 5.55. The zero-order valence-electron chi connectivity index (χ0n) is 15.9. The average molecular weight is 352 g/mol.